The molecule has 1 aromatic rings. The van der Waals surface area contributed by atoms with Crippen LogP contribution < -0.4 is 10.5 Å². The van der Waals surface area contributed by atoms with Crippen LogP contribution in [0.15, 0.2) is 18.2 Å². The predicted octanol–water partition coefficient (Wildman–Crippen LogP) is 2.52. The normalized spacial score (nSPS) is 12.2. The number of benzene rings is 1. The molecule has 0 heterocycles. The number of aliphatic carboxylic acids is 1. The van der Waals surface area contributed by atoms with Crippen molar-refractivity contribution in [2.24, 2.45) is 5.73 Å². The summed E-state index contributed by atoms with van der Waals surface area (Å²) in [5.41, 5.74) is 5.35. The zero-order valence-electron chi connectivity index (χ0n) is 9.44. The van der Waals surface area contributed by atoms with Gasteiger partial charge < -0.3 is 15.6 Å². The zero-order chi connectivity index (χ0) is 13.5. The van der Waals surface area contributed by atoms with Crippen LogP contribution in [0, 0.1) is 0 Å². The van der Waals surface area contributed by atoms with Crippen molar-refractivity contribution in [2.75, 3.05) is 18.1 Å². The summed E-state index contributed by atoms with van der Waals surface area (Å²) in [5.74, 6) is 0.556. The topological polar surface area (TPSA) is 72.5 Å². The van der Waals surface area contributed by atoms with Crippen LogP contribution in [0.5, 0.6) is 5.75 Å². The van der Waals surface area contributed by atoms with Gasteiger partial charge in [0.2, 0.25) is 0 Å². The molecule has 4 nitrogen and oxygen atoms in total. The Hall–Kier alpha value is -0.620. The monoisotopic (exact) mass is 309 g/mol. The standard InChI is InChI=1S/C11H13Cl2NO3S/c12-7-1-2-10(8(13)5-7)17-3-4-18-6-9(14)11(15)16/h1-2,5,9H,3-4,6,14H2,(H,15,16)/t9-/m0/s1. The molecule has 0 saturated carbocycles. The van der Waals surface area contributed by atoms with Crippen LogP contribution in [0.1, 0.15) is 0 Å². The summed E-state index contributed by atoms with van der Waals surface area (Å²) in [6.07, 6.45) is 0. The van der Waals surface area contributed by atoms with Crippen LogP contribution in [0.3, 0.4) is 0 Å². The number of thioether (sulfide) groups is 1. The minimum atomic E-state index is -0.996. The van der Waals surface area contributed by atoms with Crippen molar-refractivity contribution in [1.82, 2.24) is 0 Å². The highest BCUT2D eigenvalue weighted by molar-refractivity contribution is 7.99. The summed E-state index contributed by atoms with van der Waals surface area (Å²) in [6, 6.07) is 4.15. The van der Waals surface area contributed by atoms with Gasteiger partial charge >= 0.3 is 5.97 Å². The first kappa shape index (κ1) is 15.4. The Bertz CT molecular complexity index is 417. The maximum atomic E-state index is 10.5. The molecular weight excluding hydrogens is 297 g/mol. The number of halogens is 2. The molecule has 100 valence electrons. The molecule has 0 unspecified atom stereocenters. The van der Waals surface area contributed by atoms with E-state index in [1.54, 1.807) is 18.2 Å². The summed E-state index contributed by atoms with van der Waals surface area (Å²) in [7, 11) is 0. The average molecular weight is 310 g/mol. The predicted molar refractivity (Wildman–Crippen MR) is 74.9 cm³/mol. The second-order valence-corrected chi connectivity index (χ2v) is 5.44. The van der Waals surface area contributed by atoms with Crippen molar-refractivity contribution < 1.29 is 14.6 Å². The van der Waals surface area contributed by atoms with E-state index in [0.717, 1.165) is 0 Å². The zero-order valence-corrected chi connectivity index (χ0v) is 11.8. The van der Waals surface area contributed by atoms with Crippen LogP contribution in [0.2, 0.25) is 10.0 Å². The third kappa shape index (κ3) is 5.35. The van der Waals surface area contributed by atoms with Crippen molar-refractivity contribution >= 4 is 40.9 Å². The molecule has 1 atom stereocenters. The van der Waals surface area contributed by atoms with E-state index in [9.17, 15) is 4.79 Å². The third-order valence-electron chi connectivity index (χ3n) is 1.99. The summed E-state index contributed by atoms with van der Waals surface area (Å²) < 4.78 is 5.43. The molecule has 18 heavy (non-hydrogen) atoms. The van der Waals surface area contributed by atoms with E-state index in [0.29, 0.717) is 33.9 Å². The Morgan fingerprint density at radius 3 is 2.83 bits per heavy atom. The minimum absolute atomic E-state index is 0.354. The molecule has 0 aliphatic heterocycles. The second-order valence-electron chi connectivity index (χ2n) is 3.44. The van der Waals surface area contributed by atoms with Gasteiger partial charge in [0.15, 0.2) is 0 Å². The number of ether oxygens (including phenoxy) is 1. The number of carbonyl (C=O) groups is 1. The highest BCUT2D eigenvalue weighted by Gasteiger charge is 2.10. The van der Waals surface area contributed by atoms with E-state index in [1.807, 2.05) is 0 Å². The second kappa shape index (κ2) is 7.74. The van der Waals surface area contributed by atoms with Crippen LogP contribution in [0.4, 0.5) is 0 Å². The maximum Gasteiger partial charge on any atom is 0.321 e. The molecule has 0 bridgehead atoms. The van der Waals surface area contributed by atoms with Crippen LogP contribution in [0.25, 0.3) is 0 Å². The van der Waals surface area contributed by atoms with Crippen LogP contribution in [-0.2, 0) is 4.79 Å². The molecule has 0 saturated heterocycles. The van der Waals surface area contributed by atoms with Crippen LogP contribution >= 0.6 is 35.0 Å². The molecule has 0 fully saturated rings. The highest BCUT2D eigenvalue weighted by Crippen LogP contribution is 2.27. The van der Waals surface area contributed by atoms with E-state index in [1.165, 1.54) is 11.8 Å². The molecule has 1 rings (SSSR count). The van der Waals surface area contributed by atoms with Crippen molar-refractivity contribution in [2.45, 2.75) is 6.04 Å². The van der Waals surface area contributed by atoms with Crippen LogP contribution in [-0.4, -0.2) is 35.2 Å². The number of hydrogen-bond acceptors (Lipinski definition) is 4. The maximum absolute atomic E-state index is 10.5. The number of carboxylic acids is 1. The Balaban J connectivity index is 2.24. The third-order valence-corrected chi connectivity index (χ3v) is 3.57. The molecule has 7 heteroatoms. The number of nitrogens with two attached hydrogens (primary N) is 1. The van der Waals surface area contributed by atoms with E-state index in [4.69, 9.17) is 38.8 Å². The Labute approximate surface area is 119 Å². The van der Waals surface area contributed by atoms with Crippen molar-refractivity contribution in [3.05, 3.63) is 28.2 Å². The SMILES string of the molecule is N[C@@H](CSCCOc1ccc(Cl)cc1Cl)C(=O)O. The molecule has 1 aromatic carbocycles. The number of rotatable bonds is 7. The fourth-order valence-electron chi connectivity index (χ4n) is 1.08. The first-order valence-corrected chi connectivity index (χ1v) is 7.05. The molecular formula is C11H13Cl2NO3S. The highest BCUT2D eigenvalue weighted by atomic mass is 35.5. The summed E-state index contributed by atoms with van der Waals surface area (Å²) in [6.45, 7) is 0.429. The molecule has 0 aromatic heterocycles. The van der Waals surface area contributed by atoms with Gasteiger partial charge in [-0.3, -0.25) is 4.79 Å². The lowest BCUT2D eigenvalue weighted by Crippen LogP contribution is -2.32. The lowest BCUT2D eigenvalue weighted by atomic mass is 10.3. The van der Waals surface area contributed by atoms with Gasteiger partial charge in [0.05, 0.1) is 11.6 Å². The van der Waals surface area contributed by atoms with Gasteiger partial charge in [0.1, 0.15) is 11.8 Å². The minimum Gasteiger partial charge on any atom is -0.491 e. The van der Waals surface area contributed by atoms with Gasteiger partial charge in [0, 0.05) is 16.5 Å². The molecule has 0 radical (unpaired) electrons. The van der Waals surface area contributed by atoms with Gasteiger partial charge in [-0.15, -0.1) is 0 Å². The van der Waals surface area contributed by atoms with E-state index >= 15 is 0 Å². The lowest BCUT2D eigenvalue weighted by Gasteiger charge is -2.09. The lowest BCUT2D eigenvalue weighted by molar-refractivity contribution is -0.137. The Morgan fingerprint density at radius 2 is 2.22 bits per heavy atom. The quantitative estimate of drug-likeness (QED) is 0.757. The fourth-order valence-corrected chi connectivity index (χ4v) is 2.31. The van der Waals surface area contributed by atoms with Gasteiger partial charge in [-0.2, -0.15) is 11.8 Å². The molecule has 0 aliphatic rings. The fraction of sp³-hybridized carbons (Fsp3) is 0.364. The average Bonchev–Trinajstić information content (AvgIpc) is 2.30. The van der Waals surface area contributed by atoms with Crippen molar-refractivity contribution in [1.29, 1.82) is 0 Å². The largest absolute Gasteiger partial charge is 0.491 e. The van der Waals surface area contributed by atoms with Gasteiger partial charge in [-0.25, -0.2) is 0 Å². The van der Waals surface area contributed by atoms with Crippen molar-refractivity contribution in [3.63, 3.8) is 0 Å². The van der Waals surface area contributed by atoms with Gasteiger partial charge in [0.25, 0.3) is 0 Å². The van der Waals surface area contributed by atoms with E-state index < -0.39 is 12.0 Å². The first-order valence-electron chi connectivity index (χ1n) is 5.14. The number of hydrogen-bond donors (Lipinski definition) is 2. The summed E-state index contributed by atoms with van der Waals surface area (Å²) in [4.78, 5) is 10.5. The molecule has 3 N–H and O–H groups in total. The molecule has 0 amide bonds. The van der Waals surface area contributed by atoms with Gasteiger partial charge in [-0.1, -0.05) is 23.2 Å². The first-order chi connectivity index (χ1) is 8.50. The smallest absolute Gasteiger partial charge is 0.321 e. The Kier molecular flexibility index (Phi) is 6.63. The van der Waals surface area contributed by atoms with E-state index in [2.05, 4.69) is 0 Å². The van der Waals surface area contributed by atoms with Gasteiger partial charge in [-0.05, 0) is 18.2 Å². The number of carboxylic acid groups (broad SMARTS) is 1. The summed E-state index contributed by atoms with van der Waals surface area (Å²) in [5, 5.41) is 9.58. The van der Waals surface area contributed by atoms with Crippen molar-refractivity contribution in [3.8, 4) is 5.75 Å². The molecule has 0 aliphatic carbocycles. The molecule has 0 spiro atoms. The Morgan fingerprint density at radius 1 is 1.50 bits per heavy atom. The summed E-state index contributed by atoms with van der Waals surface area (Å²) >= 11 is 13.1. The van der Waals surface area contributed by atoms with E-state index in [-0.39, 0.29) is 0 Å².